The van der Waals surface area contributed by atoms with Gasteiger partial charge >= 0.3 is 5.97 Å². The van der Waals surface area contributed by atoms with Gasteiger partial charge in [-0.3, -0.25) is 4.79 Å². The largest absolute Gasteiger partial charge is 0.480 e. The van der Waals surface area contributed by atoms with Crippen molar-refractivity contribution in [2.24, 2.45) is 5.73 Å². The molecule has 1 aromatic rings. The lowest BCUT2D eigenvalue weighted by Crippen LogP contribution is -2.32. The lowest BCUT2D eigenvalue weighted by molar-refractivity contribution is -0.138. The molecule has 0 aliphatic rings. The fourth-order valence-corrected chi connectivity index (χ4v) is 0.832. The van der Waals surface area contributed by atoms with E-state index in [0.717, 1.165) is 0 Å². The summed E-state index contributed by atoms with van der Waals surface area (Å²) < 4.78 is 14.8. The Balaban J connectivity index is 2.87. The Bertz CT molecular complexity index is 355. The summed E-state index contributed by atoms with van der Waals surface area (Å²) in [7, 11) is 0. The van der Waals surface area contributed by atoms with Crippen molar-refractivity contribution in [2.45, 2.75) is 12.5 Å². The molecule has 0 amide bonds. The van der Waals surface area contributed by atoms with Crippen LogP contribution < -0.4 is 5.73 Å². The molecule has 0 aliphatic heterocycles. The van der Waals surface area contributed by atoms with Crippen LogP contribution in [0.25, 0.3) is 0 Å². The summed E-state index contributed by atoms with van der Waals surface area (Å²) in [5.41, 5.74) is 5.82. The number of rotatable bonds is 3. The van der Waals surface area contributed by atoms with E-state index in [2.05, 4.69) is 0 Å². The highest BCUT2D eigenvalue weighted by Crippen LogP contribution is 2.01. The van der Waals surface area contributed by atoms with Crippen LogP contribution in [0, 0.1) is 0 Å². The fourth-order valence-electron chi connectivity index (χ4n) is 0.832. The second-order valence-corrected chi connectivity index (χ2v) is 2.47. The normalized spacial score (nSPS) is 14.8. The summed E-state index contributed by atoms with van der Waals surface area (Å²) in [5, 5.41) is 8.57. The third-order valence-corrected chi connectivity index (χ3v) is 1.47. The zero-order valence-electron chi connectivity index (χ0n) is 8.45. The Morgan fingerprint density at radius 3 is 3.17 bits per heavy atom. The first-order chi connectivity index (χ1) is 6.52. The van der Waals surface area contributed by atoms with Crippen LogP contribution in [0.5, 0.6) is 0 Å². The summed E-state index contributed by atoms with van der Waals surface area (Å²) in [6.45, 7) is 0. The Hall–Kier alpha value is -1.35. The average Bonchev–Trinajstić information content (AvgIpc) is 2.12. The summed E-state index contributed by atoms with van der Waals surface area (Å²) >= 11 is 0. The number of carboxylic acid groups (broad SMARTS) is 1. The minimum absolute atomic E-state index is 0.0456. The highest BCUT2D eigenvalue weighted by atomic mass is 16.4. The van der Waals surface area contributed by atoms with E-state index in [0.29, 0.717) is 5.56 Å². The number of carbonyl (C=O) groups is 1. The lowest BCUT2D eigenvalue weighted by Gasteiger charge is -2.04. The first-order valence-electron chi connectivity index (χ1n) is 4.56. The van der Waals surface area contributed by atoms with E-state index < -0.39 is 12.0 Å². The molecule has 0 saturated carbocycles. The van der Waals surface area contributed by atoms with Crippen LogP contribution in [0.15, 0.2) is 30.3 Å². The third-order valence-electron chi connectivity index (χ3n) is 1.47. The van der Waals surface area contributed by atoms with Gasteiger partial charge in [0.2, 0.25) is 0 Å². The predicted octanol–water partition coefficient (Wildman–Crippen LogP) is 0.641. The van der Waals surface area contributed by atoms with Crippen LogP contribution in [0.1, 0.15) is 8.30 Å². The molecule has 0 aliphatic carbocycles. The van der Waals surface area contributed by atoms with Gasteiger partial charge in [0.15, 0.2) is 0 Å². The zero-order chi connectivity index (χ0) is 10.7. The SMILES string of the molecule is [2H]c1cccc(CC(N)C(=O)O)c1[2H]. The van der Waals surface area contributed by atoms with Crippen LogP contribution >= 0.6 is 0 Å². The quantitative estimate of drug-likeness (QED) is 0.694. The molecule has 0 spiro atoms. The Kier molecular flexibility index (Phi) is 2.00. The molecule has 3 heteroatoms. The first kappa shape index (κ1) is 6.20. The maximum absolute atomic E-state index is 10.5. The Morgan fingerprint density at radius 2 is 2.50 bits per heavy atom. The maximum atomic E-state index is 10.5. The van der Waals surface area contributed by atoms with Crippen molar-refractivity contribution in [3.05, 3.63) is 35.8 Å². The van der Waals surface area contributed by atoms with Gasteiger partial charge in [0.1, 0.15) is 6.04 Å². The van der Waals surface area contributed by atoms with Crippen molar-refractivity contribution >= 4 is 5.97 Å². The smallest absolute Gasteiger partial charge is 0.320 e. The Labute approximate surface area is 73.6 Å². The standard InChI is InChI=1S/C9H11NO2/c10-8(9(11)12)6-7-4-2-1-3-5-7/h1-5,8H,6,10H2,(H,11,12)/i2D,4D. The van der Waals surface area contributed by atoms with Crippen molar-refractivity contribution in [3.8, 4) is 0 Å². The van der Waals surface area contributed by atoms with Gasteiger partial charge in [-0.05, 0) is 12.0 Å². The number of nitrogens with two attached hydrogens (primary N) is 1. The van der Waals surface area contributed by atoms with Crippen LogP contribution in [0.3, 0.4) is 0 Å². The van der Waals surface area contributed by atoms with Gasteiger partial charge in [0.05, 0.1) is 2.74 Å². The fraction of sp³-hybridized carbons (Fsp3) is 0.222. The number of hydrogen-bond donors (Lipinski definition) is 2. The van der Waals surface area contributed by atoms with Crippen molar-refractivity contribution in [2.75, 3.05) is 0 Å². The molecule has 3 N–H and O–H groups in total. The Morgan fingerprint density at radius 1 is 1.75 bits per heavy atom. The van der Waals surface area contributed by atoms with Gasteiger partial charge in [0.25, 0.3) is 0 Å². The zero-order valence-corrected chi connectivity index (χ0v) is 6.45. The van der Waals surface area contributed by atoms with Crippen molar-refractivity contribution in [3.63, 3.8) is 0 Å². The molecule has 1 unspecified atom stereocenters. The molecule has 0 radical (unpaired) electrons. The van der Waals surface area contributed by atoms with Gasteiger partial charge in [-0.25, -0.2) is 0 Å². The molecule has 0 aromatic heterocycles. The number of benzene rings is 1. The summed E-state index contributed by atoms with van der Waals surface area (Å²) in [4.78, 5) is 10.5. The van der Waals surface area contributed by atoms with Crippen LogP contribution in [0.2, 0.25) is 0 Å². The molecule has 12 heavy (non-hydrogen) atoms. The summed E-state index contributed by atoms with van der Waals surface area (Å²) in [6.07, 6.45) is 0.0842. The third kappa shape index (κ3) is 2.36. The van der Waals surface area contributed by atoms with Gasteiger partial charge in [-0.15, -0.1) is 0 Å². The molecule has 0 heterocycles. The molecular weight excluding hydrogens is 154 g/mol. The predicted molar refractivity (Wildman–Crippen MR) is 45.8 cm³/mol. The highest BCUT2D eigenvalue weighted by Gasteiger charge is 2.10. The van der Waals surface area contributed by atoms with E-state index >= 15 is 0 Å². The second-order valence-electron chi connectivity index (χ2n) is 2.47. The molecule has 1 rings (SSSR count). The molecule has 1 aromatic carbocycles. The van der Waals surface area contributed by atoms with Crippen LogP contribution in [-0.4, -0.2) is 17.1 Å². The van der Waals surface area contributed by atoms with Gasteiger partial charge in [-0.2, -0.15) is 0 Å². The minimum atomic E-state index is -1.10. The summed E-state index contributed by atoms with van der Waals surface area (Å²) in [6, 6.07) is 3.83. The molecule has 0 fully saturated rings. The van der Waals surface area contributed by atoms with Gasteiger partial charge in [0, 0.05) is 0 Å². The number of carboxylic acids is 1. The van der Waals surface area contributed by atoms with Crippen molar-refractivity contribution < 1.29 is 12.6 Å². The molecule has 0 saturated heterocycles. The molecule has 1 atom stereocenters. The monoisotopic (exact) mass is 167 g/mol. The van der Waals surface area contributed by atoms with Crippen LogP contribution in [0.4, 0.5) is 0 Å². The van der Waals surface area contributed by atoms with Gasteiger partial charge in [-0.1, -0.05) is 30.3 Å². The topological polar surface area (TPSA) is 63.3 Å². The van der Waals surface area contributed by atoms with E-state index in [1.807, 2.05) is 0 Å². The van der Waals surface area contributed by atoms with E-state index in [1.165, 1.54) is 6.07 Å². The van der Waals surface area contributed by atoms with E-state index in [1.54, 1.807) is 12.1 Å². The maximum Gasteiger partial charge on any atom is 0.320 e. The van der Waals surface area contributed by atoms with E-state index in [9.17, 15) is 4.79 Å². The minimum Gasteiger partial charge on any atom is -0.480 e. The van der Waals surface area contributed by atoms with Crippen molar-refractivity contribution in [1.82, 2.24) is 0 Å². The molecule has 0 bridgehead atoms. The van der Waals surface area contributed by atoms with Gasteiger partial charge < -0.3 is 10.8 Å². The van der Waals surface area contributed by atoms with Crippen molar-refractivity contribution in [1.29, 1.82) is 0 Å². The average molecular weight is 167 g/mol. The highest BCUT2D eigenvalue weighted by molar-refractivity contribution is 5.73. The molecular formula is C9H11NO2. The van der Waals surface area contributed by atoms with E-state index in [-0.39, 0.29) is 18.5 Å². The van der Waals surface area contributed by atoms with E-state index in [4.69, 9.17) is 13.6 Å². The lowest BCUT2D eigenvalue weighted by atomic mass is 10.1. The summed E-state index contributed by atoms with van der Waals surface area (Å²) in [5.74, 6) is -1.10. The first-order valence-corrected chi connectivity index (χ1v) is 3.56. The number of aliphatic carboxylic acids is 1. The van der Waals surface area contributed by atoms with Crippen LogP contribution in [-0.2, 0) is 11.2 Å². The molecule has 64 valence electrons. The molecule has 3 nitrogen and oxygen atoms in total. The number of hydrogen-bond acceptors (Lipinski definition) is 2. The second kappa shape index (κ2) is 3.88.